The minimum atomic E-state index is -1.16. The van der Waals surface area contributed by atoms with Gasteiger partial charge in [0.05, 0.1) is 24.5 Å². The Labute approximate surface area is 212 Å². The summed E-state index contributed by atoms with van der Waals surface area (Å²) in [6.45, 7) is 4.26. The maximum atomic E-state index is 13.1. The maximum absolute atomic E-state index is 13.1. The van der Waals surface area contributed by atoms with E-state index >= 15 is 0 Å². The number of hydrogen-bond acceptors (Lipinski definition) is 10. The smallest absolute Gasteiger partial charge is 0.353 e. The Kier molecular flexibility index (Phi) is 7.33. The van der Waals surface area contributed by atoms with Gasteiger partial charge in [0.2, 0.25) is 17.7 Å². The van der Waals surface area contributed by atoms with Crippen molar-refractivity contribution in [3.63, 3.8) is 0 Å². The number of rotatable bonds is 9. The van der Waals surface area contributed by atoms with Crippen molar-refractivity contribution in [2.24, 2.45) is 17.6 Å². The quantitative estimate of drug-likeness (QED) is 0.259. The van der Waals surface area contributed by atoms with Crippen molar-refractivity contribution in [3.05, 3.63) is 16.9 Å². The van der Waals surface area contributed by atoms with Gasteiger partial charge >= 0.3 is 5.97 Å². The van der Waals surface area contributed by atoms with Crippen LogP contribution in [0.3, 0.4) is 0 Å². The fourth-order valence-corrected chi connectivity index (χ4v) is 6.62. The molecule has 4 heterocycles. The molecule has 0 aromatic carbocycles. The second kappa shape index (κ2) is 10.1. The number of carboxylic acid groups (broad SMARTS) is 1. The maximum Gasteiger partial charge on any atom is 0.353 e. The van der Waals surface area contributed by atoms with Gasteiger partial charge in [0.1, 0.15) is 18.1 Å². The number of carbonyl (C=O) groups excluding carboxylic acids is 3. The molecule has 0 aliphatic carbocycles. The lowest BCUT2D eigenvalue weighted by molar-refractivity contribution is -0.158. The minimum absolute atomic E-state index is 0.000600. The van der Waals surface area contributed by atoms with Gasteiger partial charge in [-0.1, -0.05) is 6.92 Å². The largest absolute Gasteiger partial charge is 0.477 e. The number of fused-ring (bicyclic) bond motifs is 1. The number of likely N-dealkylation sites (N-methyl/N-ethyl adjacent to an activating group) is 1. The Morgan fingerprint density at radius 3 is 2.72 bits per heavy atom. The summed E-state index contributed by atoms with van der Waals surface area (Å²) in [5.74, 6) is -2.79. The molecule has 5 N–H and O–H groups in total. The lowest BCUT2D eigenvalue weighted by Gasteiger charge is -2.47. The molecular formula is C21H31N9O5S. The fraction of sp³-hybridized carbons (Fsp3) is 0.667. The van der Waals surface area contributed by atoms with Crippen LogP contribution in [0.2, 0.25) is 0 Å². The number of aromatic nitrogens is 4. The number of aliphatic carboxylic acids is 1. The fourth-order valence-electron chi connectivity index (χ4n) is 5.14. The molecule has 0 saturated carbocycles. The molecule has 2 fully saturated rings. The summed E-state index contributed by atoms with van der Waals surface area (Å²) in [6, 6.07) is -2.18. The van der Waals surface area contributed by atoms with Gasteiger partial charge in [0, 0.05) is 42.8 Å². The molecule has 1 aromatic rings. The van der Waals surface area contributed by atoms with E-state index in [1.165, 1.54) is 32.6 Å². The van der Waals surface area contributed by atoms with Crippen LogP contribution in [-0.4, -0.2) is 109 Å². The van der Waals surface area contributed by atoms with Gasteiger partial charge in [0.25, 0.3) is 0 Å². The van der Waals surface area contributed by atoms with Crippen LogP contribution in [0.25, 0.3) is 0 Å². The molecule has 7 atom stereocenters. The average molecular weight is 522 g/mol. The van der Waals surface area contributed by atoms with Crippen molar-refractivity contribution in [1.82, 2.24) is 40.6 Å². The number of β-lactam (4-membered cyclic amide) rings is 1. The highest BCUT2D eigenvalue weighted by Gasteiger charge is 2.60. The molecule has 4 rings (SSSR count). The second-order valence-corrected chi connectivity index (χ2v) is 11.0. The number of thioether (sulfide) groups is 1. The number of amides is 3. The van der Waals surface area contributed by atoms with Crippen LogP contribution in [0.5, 0.6) is 0 Å². The van der Waals surface area contributed by atoms with E-state index in [0.29, 0.717) is 17.9 Å². The zero-order chi connectivity index (χ0) is 26.3. The van der Waals surface area contributed by atoms with Gasteiger partial charge in [-0.2, -0.15) is 0 Å². The lowest BCUT2D eigenvalue weighted by atomic mass is 9.78. The van der Waals surface area contributed by atoms with E-state index in [1.807, 2.05) is 6.92 Å². The third-order valence-corrected chi connectivity index (χ3v) is 8.45. The van der Waals surface area contributed by atoms with E-state index in [-0.39, 0.29) is 47.3 Å². The number of nitrogens with zero attached hydrogens (tertiary/aromatic N) is 6. The number of tetrazole rings is 1. The van der Waals surface area contributed by atoms with Gasteiger partial charge in [-0.3, -0.25) is 14.4 Å². The molecule has 3 aliphatic heterocycles. The molecule has 15 heteroatoms. The summed E-state index contributed by atoms with van der Waals surface area (Å²) >= 11 is 1.42. The first kappa shape index (κ1) is 26.0. The van der Waals surface area contributed by atoms with Crippen molar-refractivity contribution in [2.75, 3.05) is 20.6 Å². The highest BCUT2D eigenvalue weighted by molar-refractivity contribution is 8.03. The van der Waals surface area contributed by atoms with Crippen LogP contribution in [-0.2, 0) is 25.7 Å². The van der Waals surface area contributed by atoms with E-state index in [2.05, 4.69) is 26.2 Å². The zero-order valence-corrected chi connectivity index (χ0v) is 21.3. The third kappa shape index (κ3) is 4.69. The predicted molar refractivity (Wildman–Crippen MR) is 128 cm³/mol. The zero-order valence-electron chi connectivity index (χ0n) is 20.5. The van der Waals surface area contributed by atoms with Crippen LogP contribution < -0.4 is 16.4 Å². The molecule has 14 nitrogen and oxygen atoms in total. The highest BCUT2D eigenvalue weighted by atomic mass is 32.2. The third-order valence-electron chi connectivity index (χ3n) is 6.93. The Bertz CT molecular complexity index is 1080. The summed E-state index contributed by atoms with van der Waals surface area (Å²) in [6.07, 6.45) is 1.92. The van der Waals surface area contributed by atoms with Gasteiger partial charge in [-0.25, -0.2) is 9.48 Å². The van der Waals surface area contributed by atoms with Gasteiger partial charge in [0.15, 0.2) is 0 Å². The van der Waals surface area contributed by atoms with Crippen molar-refractivity contribution >= 4 is 35.5 Å². The monoisotopic (exact) mass is 521 g/mol. The number of nitrogens with one attached hydrogen (secondary N) is 2. The molecule has 3 amide bonds. The Hall–Kier alpha value is -3.04. The van der Waals surface area contributed by atoms with E-state index in [0.717, 1.165) is 0 Å². The molecule has 2 saturated heterocycles. The predicted octanol–water partition coefficient (Wildman–Crippen LogP) is -2.17. The summed E-state index contributed by atoms with van der Waals surface area (Å²) in [5.41, 5.74) is 5.96. The number of nitrogens with two attached hydrogens (primary N) is 1. The molecule has 0 spiro atoms. The SMILES string of the molecule is C[C@@H](NC(=O)[C@@H](N)Cn1cnnn1)[C@H]1C(=O)N2C(C(=O)O)=C(S[C@@H]3CN[C@H](C(=O)N(C)C)C3)[C@H](C)[C@H]12. The summed E-state index contributed by atoms with van der Waals surface area (Å²) < 4.78 is 1.34. The topological polar surface area (TPSA) is 189 Å². The summed E-state index contributed by atoms with van der Waals surface area (Å²) in [7, 11) is 3.40. The van der Waals surface area contributed by atoms with E-state index in [1.54, 1.807) is 21.0 Å². The van der Waals surface area contributed by atoms with Gasteiger partial charge < -0.3 is 31.3 Å². The first-order valence-corrected chi connectivity index (χ1v) is 12.6. The van der Waals surface area contributed by atoms with E-state index < -0.39 is 29.9 Å². The molecule has 196 valence electrons. The average Bonchev–Trinajstić information content (AvgIpc) is 3.54. The normalized spacial score (nSPS) is 29.0. The molecule has 36 heavy (non-hydrogen) atoms. The Morgan fingerprint density at radius 1 is 1.39 bits per heavy atom. The van der Waals surface area contributed by atoms with Crippen molar-refractivity contribution < 1.29 is 24.3 Å². The van der Waals surface area contributed by atoms with E-state index in [9.17, 15) is 24.3 Å². The van der Waals surface area contributed by atoms with Crippen LogP contribution >= 0.6 is 11.8 Å². The van der Waals surface area contributed by atoms with Crippen molar-refractivity contribution in [1.29, 1.82) is 0 Å². The number of carbonyl (C=O) groups is 4. The van der Waals surface area contributed by atoms with Gasteiger partial charge in [-0.05, 0) is 23.8 Å². The molecule has 0 bridgehead atoms. The van der Waals surface area contributed by atoms with Crippen LogP contribution in [0.4, 0.5) is 0 Å². The summed E-state index contributed by atoms with van der Waals surface area (Å²) in [4.78, 5) is 53.7. The standard InChI is InChI=1S/C21H31N9O5S/c1-9-15-14(10(2)25-18(31)12(22)7-29-8-24-26-27-29)20(33)30(15)16(21(34)35)17(9)36-11-5-13(23-6-11)19(32)28(3)4/h8-15,23H,5-7,22H2,1-4H3,(H,25,31)(H,34,35)/t9-,10-,11+,12+,13+,14-,15-/m1/s1. The number of carboxylic acids is 1. The first-order chi connectivity index (χ1) is 17.0. The molecule has 3 aliphatic rings. The van der Waals surface area contributed by atoms with Crippen LogP contribution in [0.1, 0.15) is 20.3 Å². The van der Waals surface area contributed by atoms with Gasteiger partial charge in [-0.15, -0.1) is 16.9 Å². The van der Waals surface area contributed by atoms with Crippen LogP contribution in [0, 0.1) is 11.8 Å². The van der Waals surface area contributed by atoms with E-state index in [4.69, 9.17) is 5.73 Å². The molecule has 0 radical (unpaired) electrons. The van der Waals surface area contributed by atoms with Crippen LogP contribution in [0.15, 0.2) is 16.9 Å². The molecule has 0 unspecified atom stereocenters. The molecule has 1 aromatic heterocycles. The van der Waals surface area contributed by atoms with Crippen molar-refractivity contribution in [3.8, 4) is 0 Å². The molecular weight excluding hydrogens is 490 g/mol. The Morgan fingerprint density at radius 2 is 2.11 bits per heavy atom. The highest BCUT2D eigenvalue weighted by Crippen LogP contribution is 2.51. The summed E-state index contributed by atoms with van der Waals surface area (Å²) in [5, 5.41) is 26.7. The first-order valence-electron chi connectivity index (χ1n) is 11.7. The minimum Gasteiger partial charge on any atom is -0.477 e. The van der Waals surface area contributed by atoms with Crippen molar-refractivity contribution in [2.45, 2.75) is 56.2 Å². The second-order valence-electron chi connectivity index (χ2n) is 9.64. The lowest BCUT2D eigenvalue weighted by Crippen LogP contribution is -2.66. The Balaban J connectivity index is 1.42. The number of hydrogen-bond donors (Lipinski definition) is 4.